The normalized spacial score (nSPS) is 17.9. The second-order valence-electron chi connectivity index (χ2n) is 4.99. The summed E-state index contributed by atoms with van der Waals surface area (Å²) >= 11 is 0. The van der Waals surface area contributed by atoms with Crippen LogP contribution in [0.15, 0.2) is 55.1 Å². The van der Waals surface area contributed by atoms with E-state index in [2.05, 4.69) is 35.1 Å². The van der Waals surface area contributed by atoms with Crippen molar-refractivity contribution in [2.75, 3.05) is 0 Å². The molecule has 0 aromatic carbocycles. The van der Waals surface area contributed by atoms with E-state index in [0.717, 1.165) is 17.5 Å². The Balaban J connectivity index is 1.83. The zero-order chi connectivity index (χ0) is 13.9. The van der Waals surface area contributed by atoms with Crippen molar-refractivity contribution in [3.8, 4) is 0 Å². The van der Waals surface area contributed by atoms with Gasteiger partial charge in [-0.2, -0.15) is 0 Å². The van der Waals surface area contributed by atoms with E-state index in [-0.39, 0.29) is 11.7 Å². The second-order valence-corrected chi connectivity index (χ2v) is 4.99. The van der Waals surface area contributed by atoms with E-state index in [4.69, 9.17) is 0 Å². The molecule has 0 N–H and O–H groups in total. The third-order valence-corrected chi connectivity index (χ3v) is 3.60. The van der Waals surface area contributed by atoms with Gasteiger partial charge in [-0.05, 0) is 42.2 Å². The van der Waals surface area contributed by atoms with Gasteiger partial charge < -0.3 is 0 Å². The van der Waals surface area contributed by atoms with Crippen LogP contribution in [-0.4, -0.2) is 9.97 Å². The first-order valence-corrected chi connectivity index (χ1v) is 6.64. The molecule has 2 aromatic heterocycles. The molecule has 0 saturated heterocycles. The zero-order valence-corrected chi connectivity index (χ0v) is 11.3. The molecule has 100 valence electrons. The maximum atomic E-state index is 13.2. The Bertz CT molecular complexity index is 689. The number of allylic oxidation sites excluding steroid dienone is 4. The van der Waals surface area contributed by atoms with Gasteiger partial charge >= 0.3 is 0 Å². The number of rotatable bonds is 2. The number of pyridine rings is 2. The van der Waals surface area contributed by atoms with Crippen molar-refractivity contribution < 1.29 is 4.39 Å². The number of nitrogens with zero attached hydrogens (tertiary/aromatic N) is 2. The molecule has 0 fully saturated rings. The molecule has 0 amide bonds. The molecular weight excluding hydrogens is 251 g/mol. The maximum absolute atomic E-state index is 13.2. The smallest absolute Gasteiger partial charge is 0.141 e. The van der Waals surface area contributed by atoms with Crippen LogP contribution in [0.25, 0.3) is 5.57 Å². The first-order chi connectivity index (χ1) is 9.74. The van der Waals surface area contributed by atoms with Crippen LogP contribution < -0.4 is 0 Å². The molecule has 1 aliphatic carbocycles. The largest absolute Gasteiger partial charge is 0.264 e. The lowest BCUT2D eigenvalue weighted by molar-refractivity contribution is 0.616. The molecule has 0 radical (unpaired) electrons. The van der Waals surface area contributed by atoms with Gasteiger partial charge in [0.2, 0.25) is 0 Å². The lowest BCUT2D eigenvalue weighted by Crippen LogP contribution is -2.00. The molecule has 3 rings (SSSR count). The highest BCUT2D eigenvalue weighted by atomic mass is 19.1. The van der Waals surface area contributed by atoms with Crippen molar-refractivity contribution in [1.82, 2.24) is 9.97 Å². The van der Waals surface area contributed by atoms with Crippen LogP contribution in [0.3, 0.4) is 0 Å². The van der Waals surface area contributed by atoms with Gasteiger partial charge in [-0.15, -0.1) is 0 Å². The summed E-state index contributed by atoms with van der Waals surface area (Å²) in [5.74, 6) is -0.0901. The average molecular weight is 266 g/mol. The summed E-state index contributed by atoms with van der Waals surface area (Å²) < 4.78 is 13.2. The summed E-state index contributed by atoms with van der Waals surface area (Å²) in [6.45, 7) is 2.08. The highest BCUT2D eigenvalue weighted by Crippen LogP contribution is 2.31. The van der Waals surface area contributed by atoms with E-state index >= 15 is 0 Å². The first kappa shape index (κ1) is 12.7. The van der Waals surface area contributed by atoms with Crippen molar-refractivity contribution in [2.24, 2.45) is 0 Å². The van der Waals surface area contributed by atoms with Crippen LogP contribution in [0.1, 0.15) is 29.0 Å². The van der Waals surface area contributed by atoms with Gasteiger partial charge in [0.15, 0.2) is 0 Å². The van der Waals surface area contributed by atoms with Crippen molar-refractivity contribution in [3.63, 3.8) is 0 Å². The van der Waals surface area contributed by atoms with E-state index in [0.29, 0.717) is 0 Å². The molecule has 1 aliphatic rings. The Kier molecular flexibility index (Phi) is 3.42. The van der Waals surface area contributed by atoms with E-state index in [1.807, 2.05) is 12.3 Å². The Hall–Kier alpha value is -2.29. The number of halogens is 1. The molecule has 3 heteroatoms. The molecule has 20 heavy (non-hydrogen) atoms. The predicted molar refractivity (Wildman–Crippen MR) is 77.6 cm³/mol. The maximum Gasteiger partial charge on any atom is 0.141 e. The fraction of sp³-hybridized carbons (Fsp3) is 0.176. The summed E-state index contributed by atoms with van der Waals surface area (Å²) in [6.07, 6.45) is 13.9. The zero-order valence-electron chi connectivity index (χ0n) is 11.3. The minimum atomic E-state index is -0.284. The fourth-order valence-electron chi connectivity index (χ4n) is 2.46. The van der Waals surface area contributed by atoms with Gasteiger partial charge in [-0.25, -0.2) is 4.39 Å². The predicted octanol–water partition coefficient (Wildman–Crippen LogP) is 4.05. The molecule has 1 unspecified atom stereocenters. The fourth-order valence-corrected chi connectivity index (χ4v) is 2.46. The van der Waals surface area contributed by atoms with Crippen LogP contribution in [0, 0.1) is 12.7 Å². The SMILES string of the molecule is Cc1ccncc1C1=CCC(c2cncc(F)c2)C=C1. The molecule has 0 bridgehead atoms. The summed E-state index contributed by atoms with van der Waals surface area (Å²) in [5, 5.41) is 0. The average Bonchev–Trinajstić information content (AvgIpc) is 2.48. The van der Waals surface area contributed by atoms with Crippen LogP contribution in [0.5, 0.6) is 0 Å². The molecule has 0 spiro atoms. The van der Waals surface area contributed by atoms with Crippen LogP contribution in [0.2, 0.25) is 0 Å². The van der Waals surface area contributed by atoms with Gasteiger partial charge in [0.05, 0.1) is 6.20 Å². The summed E-state index contributed by atoms with van der Waals surface area (Å²) in [6, 6.07) is 3.56. The van der Waals surface area contributed by atoms with E-state index < -0.39 is 0 Å². The molecule has 1 atom stereocenters. The Morgan fingerprint density at radius 2 is 2.10 bits per heavy atom. The summed E-state index contributed by atoms with van der Waals surface area (Å²) in [4.78, 5) is 8.09. The minimum absolute atomic E-state index is 0.193. The molecule has 0 saturated carbocycles. The second kappa shape index (κ2) is 5.37. The third kappa shape index (κ3) is 2.52. The van der Waals surface area contributed by atoms with Crippen molar-refractivity contribution >= 4 is 5.57 Å². The van der Waals surface area contributed by atoms with Gasteiger partial charge in [-0.3, -0.25) is 9.97 Å². The third-order valence-electron chi connectivity index (χ3n) is 3.60. The lowest BCUT2D eigenvalue weighted by Gasteiger charge is -2.17. The van der Waals surface area contributed by atoms with Gasteiger partial charge in [0.25, 0.3) is 0 Å². The minimum Gasteiger partial charge on any atom is -0.264 e. The Morgan fingerprint density at radius 1 is 1.20 bits per heavy atom. The lowest BCUT2D eigenvalue weighted by atomic mass is 9.88. The molecular formula is C17H15FN2. The van der Waals surface area contributed by atoms with Gasteiger partial charge in [0.1, 0.15) is 5.82 Å². The Labute approximate surface area is 117 Å². The van der Waals surface area contributed by atoms with E-state index in [1.165, 1.54) is 17.3 Å². The monoisotopic (exact) mass is 266 g/mol. The van der Waals surface area contributed by atoms with Crippen molar-refractivity contribution in [1.29, 1.82) is 0 Å². The quantitative estimate of drug-likeness (QED) is 0.819. The summed E-state index contributed by atoms with van der Waals surface area (Å²) in [5.41, 5.74) is 4.46. The van der Waals surface area contributed by atoms with E-state index in [1.54, 1.807) is 18.5 Å². The molecule has 0 aliphatic heterocycles. The van der Waals surface area contributed by atoms with Crippen molar-refractivity contribution in [3.05, 3.63) is 77.7 Å². The van der Waals surface area contributed by atoms with Crippen LogP contribution >= 0.6 is 0 Å². The van der Waals surface area contributed by atoms with Gasteiger partial charge in [0, 0.05) is 30.1 Å². The highest BCUT2D eigenvalue weighted by molar-refractivity contribution is 5.76. The first-order valence-electron chi connectivity index (χ1n) is 6.64. The number of aromatic nitrogens is 2. The van der Waals surface area contributed by atoms with Gasteiger partial charge in [-0.1, -0.05) is 18.2 Å². The highest BCUT2D eigenvalue weighted by Gasteiger charge is 2.13. The molecule has 2 heterocycles. The standard InChI is InChI=1S/C17H15FN2/c1-12-6-7-19-11-17(12)14-4-2-13(3-5-14)15-8-16(18)10-20-9-15/h2,4-11,13H,3H2,1H3. The molecule has 2 nitrogen and oxygen atoms in total. The topological polar surface area (TPSA) is 25.8 Å². The Morgan fingerprint density at radius 3 is 2.80 bits per heavy atom. The van der Waals surface area contributed by atoms with Crippen LogP contribution in [-0.2, 0) is 0 Å². The van der Waals surface area contributed by atoms with Crippen LogP contribution in [0.4, 0.5) is 4.39 Å². The summed E-state index contributed by atoms with van der Waals surface area (Å²) in [7, 11) is 0. The number of hydrogen-bond donors (Lipinski definition) is 0. The van der Waals surface area contributed by atoms with E-state index in [9.17, 15) is 4.39 Å². The number of hydrogen-bond acceptors (Lipinski definition) is 2. The van der Waals surface area contributed by atoms with Crippen molar-refractivity contribution in [2.45, 2.75) is 19.3 Å². The number of aryl methyl sites for hydroxylation is 1. The molecule has 2 aromatic rings.